The number of rotatable bonds is 6. The second kappa shape index (κ2) is 7.40. The van der Waals surface area contributed by atoms with E-state index in [-0.39, 0.29) is 0 Å². The highest BCUT2D eigenvalue weighted by atomic mass is 15.1. The van der Waals surface area contributed by atoms with Crippen LogP contribution in [0.5, 0.6) is 0 Å². The van der Waals surface area contributed by atoms with Crippen LogP contribution in [-0.2, 0) is 6.54 Å². The van der Waals surface area contributed by atoms with Gasteiger partial charge in [-0.2, -0.15) is 0 Å². The average Bonchev–Trinajstić information content (AvgIpc) is 2.41. The Kier molecular flexibility index (Phi) is 5.54. The number of hydrogen-bond donors (Lipinski definition) is 3. The molecule has 5 heteroatoms. The number of anilines is 1. The van der Waals surface area contributed by atoms with E-state index in [1.807, 2.05) is 12.4 Å². The third-order valence-corrected chi connectivity index (χ3v) is 3.34. The lowest BCUT2D eigenvalue weighted by molar-refractivity contribution is 0.356. The van der Waals surface area contributed by atoms with Crippen molar-refractivity contribution < 1.29 is 0 Å². The van der Waals surface area contributed by atoms with Crippen LogP contribution in [0.4, 0.5) is 5.95 Å². The molecule has 1 fully saturated rings. The molecular weight excluding hydrogens is 238 g/mol. The number of nitrogens with zero attached hydrogens (tertiary/aromatic N) is 2. The van der Waals surface area contributed by atoms with E-state index >= 15 is 0 Å². The summed E-state index contributed by atoms with van der Waals surface area (Å²) in [6.45, 7) is 8.42. The summed E-state index contributed by atoms with van der Waals surface area (Å²) in [7, 11) is 0. The molecule has 1 aromatic rings. The first kappa shape index (κ1) is 14.2. The smallest absolute Gasteiger partial charge is 0.222 e. The minimum atomic E-state index is 0.365. The van der Waals surface area contributed by atoms with Gasteiger partial charge < -0.3 is 16.0 Å². The Morgan fingerprint density at radius 3 is 2.58 bits per heavy atom. The Balaban J connectivity index is 1.70. The predicted molar refractivity (Wildman–Crippen MR) is 78.1 cm³/mol. The van der Waals surface area contributed by atoms with Gasteiger partial charge in [-0.15, -0.1) is 0 Å². The van der Waals surface area contributed by atoms with Crippen LogP contribution >= 0.6 is 0 Å². The van der Waals surface area contributed by atoms with E-state index in [0.717, 1.165) is 37.7 Å². The molecule has 2 heterocycles. The maximum Gasteiger partial charge on any atom is 0.222 e. The molecule has 0 unspecified atom stereocenters. The number of aromatic nitrogens is 2. The zero-order chi connectivity index (χ0) is 13.5. The van der Waals surface area contributed by atoms with E-state index in [4.69, 9.17) is 0 Å². The summed E-state index contributed by atoms with van der Waals surface area (Å²) in [4.78, 5) is 8.62. The van der Waals surface area contributed by atoms with E-state index in [1.165, 1.54) is 12.8 Å². The molecule has 0 saturated carbocycles. The molecule has 1 aliphatic heterocycles. The summed E-state index contributed by atoms with van der Waals surface area (Å²) in [5.41, 5.74) is 1.14. The van der Waals surface area contributed by atoms with Crippen LogP contribution in [-0.4, -0.2) is 35.6 Å². The van der Waals surface area contributed by atoms with Crippen molar-refractivity contribution in [2.75, 3.05) is 25.0 Å². The molecular formula is C14H25N5. The van der Waals surface area contributed by atoms with Crippen LogP contribution in [0.1, 0.15) is 32.3 Å². The lowest BCUT2D eigenvalue weighted by Gasteiger charge is -2.22. The van der Waals surface area contributed by atoms with Crippen LogP contribution < -0.4 is 16.0 Å². The Hall–Kier alpha value is -1.20. The molecule has 0 amide bonds. The zero-order valence-electron chi connectivity index (χ0n) is 11.9. The van der Waals surface area contributed by atoms with Crippen LogP contribution in [0.25, 0.3) is 0 Å². The fourth-order valence-electron chi connectivity index (χ4n) is 2.29. The van der Waals surface area contributed by atoms with Crippen LogP contribution in [0, 0.1) is 5.92 Å². The van der Waals surface area contributed by atoms with Gasteiger partial charge in [0.1, 0.15) is 0 Å². The Bertz CT molecular complexity index is 357. The lowest BCUT2D eigenvalue weighted by Crippen LogP contribution is -2.33. The van der Waals surface area contributed by atoms with Gasteiger partial charge in [0.15, 0.2) is 0 Å². The highest BCUT2D eigenvalue weighted by Crippen LogP contribution is 2.10. The Morgan fingerprint density at radius 2 is 1.95 bits per heavy atom. The molecule has 3 N–H and O–H groups in total. The molecule has 2 rings (SSSR count). The van der Waals surface area contributed by atoms with E-state index in [0.29, 0.717) is 12.0 Å². The molecule has 0 aromatic carbocycles. The standard InChI is InChI=1S/C14H25N5/c1-11(2)19-14-17-9-13(10-18-14)8-16-7-12-3-5-15-6-4-12/h9-12,15-16H,3-8H2,1-2H3,(H,17,18,19). The van der Waals surface area contributed by atoms with E-state index in [9.17, 15) is 0 Å². The van der Waals surface area contributed by atoms with Gasteiger partial charge in [-0.25, -0.2) is 9.97 Å². The highest BCUT2D eigenvalue weighted by Gasteiger charge is 2.11. The van der Waals surface area contributed by atoms with Gasteiger partial charge >= 0.3 is 0 Å². The summed E-state index contributed by atoms with van der Waals surface area (Å²) < 4.78 is 0. The van der Waals surface area contributed by atoms with Gasteiger partial charge in [0, 0.05) is 30.5 Å². The summed E-state index contributed by atoms with van der Waals surface area (Å²) >= 11 is 0. The maximum absolute atomic E-state index is 4.31. The largest absolute Gasteiger partial charge is 0.352 e. The van der Waals surface area contributed by atoms with Crippen molar-refractivity contribution in [3.05, 3.63) is 18.0 Å². The van der Waals surface area contributed by atoms with E-state index in [1.54, 1.807) is 0 Å². The van der Waals surface area contributed by atoms with Crippen molar-refractivity contribution in [1.82, 2.24) is 20.6 Å². The number of piperidine rings is 1. The molecule has 0 bridgehead atoms. The highest BCUT2D eigenvalue weighted by molar-refractivity contribution is 5.25. The zero-order valence-corrected chi connectivity index (χ0v) is 11.9. The average molecular weight is 263 g/mol. The molecule has 1 saturated heterocycles. The number of hydrogen-bond acceptors (Lipinski definition) is 5. The molecule has 106 valence electrons. The molecule has 1 aliphatic rings. The summed E-state index contributed by atoms with van der Waals surface area (Å²) in [5.74, 6) is 1.51. The van der Waals surface area contributed by atoms with E-state index < -0.39 is 0 Å². The number of nitrogens with one attached hydrogen (secondary N) is 3. The van der Waals surface area contributed by atoms with Crippen LogP contribution in [0.3, 0.4) is 0 Å². The van der Waals surface area contributed by atoms with Gasteiger partial charge in [-0.3, -0.25) is 0 Å². The predicted octanol–water partition coefficient (Wildman–Crippen LogP) is 1.39. The topological polar surface area (TPSA) is 61.9 Å². The van der Waals surface area contributed by atoms with Crippen molar-refractivity contribution in [3.63, 3.8) is 0 Å². The van der Waals surface area contributed by atoms with Crippen LogP contribution in [0.15, 0.2) is 12.4 Å². The van der Waals surface area contributed by atoms with E-state index in [2.05, 4.69) is 39.8 Å². The molecule has 0 aliphatic carbocycles. The van der Waals surface area contributed by atoms with Crippen molar-refractivity contribution in [2.45, 2.75) is 39.3 Å². The first-order valence-electron chi connectivity index (χ1n) is 7.23. The summed E-state index contributed by atoms with van der Waals surface area (Å²) in [6, 6.07) is 0.365. The lowest BCUT2D eigenvalue weighted by atomic mass is 9.98. The van der Waals surface area contributed by atoms with Gasteiger partial charge in [-0.05, 0) is 52.2 Å². The first-order chi connectivity index (χ1) is 9.24. The van der Waals surface area contributed by atoms with Crippen molar-refractivity contribution in [1.29, 1.82) is 0 Å². The second-order valence-electron chi connectivity index (χ2n) is 5.54. The van der Waals surface area contributed by atoms with Crippen molar-refractivity contribution in [3.8, 4) is 0 Å². The van der Waals surface area contributed by atoms with Gasteiger partial charge in [0.2, 0.25) is 5.95 Å². The molecule has 1 aromatic heterocycles. The molecule has 0 radical (unpaired) electrons. The molecule has 5 nitrogen and oxygen atoms in total. The minimum absolute atomic E-state index is 0.365. The fraction of sp³-hybridized carbons (Fsp3) is 0.714. The van der Waals surface area contributed by atoms with Crippen molar-refractivity contribution >= 4 is 5.95 Å². The molecule has 0 atom stereocenters. The quantitative estimate of drug-likeness (QED) is 0.724. The SMILES string of the molecule is CC(C)Nc1ncc(CNCC2CCNCC2)cn1. The van der Waals surface area contributed by atoms with Crippen LogP contribution in [0.2, 0.25) is 0 Å². The maximum atomic E-state index is 4.31. The Morgan fingerprint density at radius 1 is 1.26 bits per heavy atom. The molecule has 19 heavy (non-hydrogen) atoms. The first-order valence-corrected chi connectivity index (χ1v) is 7.23. The molecule has 0 spiro atoms. The van der Waals surface area contributed by atoms with Gasteiger partial charge in [0.25, 0.3) is 0 Å². The van der Waals surface area contributed by atoms with Gasteiger partial charge in [-0.1, -0.05) is 0 Å². The Labute approximate surface area is 115 Å². The minimum Gasteiger partial charge on any atom is -0.352 e. The summed E-state index contributed by atoms with van der Waals surface area (Å²) in [6.07, 6.45) is 6.35. The third-order valence-electron chi connectivity index (χ3n) is 3.34. The third kappa shape index (κ3) is 5.12. The van der Waals surface area contributed by atoms with Gasteiger partial charge in [0.05, 0.1) is 0 Å². The second-order valence-corrected chi connectivity index (χ2v) is 5.54. The normalized spacial score (nSPS) is 16.8. The van der Waals surface area contributed by atoms with Crippen molar-refractivity contribution in [2.24, 2.45) is 5.92 Å². The monoisotopic (exact) mass is 263 g/mol. The summed E-state index contributed by atoms with van der Waals surface area (Å²) in [5, 5.41) is 10.1. The fourth-order valence-corrected chi connectivity index (χ4v) is 2.29.